The van der Waals surface area contributed by atoms with Crippen molar-refractivity contribution in [1.82, 2.24) is 10.6 Å². The summed E-state index contributed by atoms with van der Waals surface area (Å²) < 4.78 is 5.42. The van der Waals surface area contributed by atoms with Crippen LogP contribution in [0, 0.1) is 6.92 Å². The van der Waals surface area contributed by atoms with E-state index in [1.54, 1.807) is 7.11 Å². The number of hydrogen-bond acceptors (Lipinski definition) is 3. The summed E-state index contributed by atoms with van der Waals surface area (Å²) in [4.78, 5) is 4.63. The molecule has 0 bridgehead atoms. The van der Waals surface area contributed by atoms with Crippen LogP contribution in [0.2, 0.25) is 0 Å². The van der Waals surface area contributed by atoms with E-state index in [-0.39, 0.29) is 0 Å². The molecule has 2 N–H and O–H groups in total. The summed E-state index contributed by atoms with van der Waals surface area (Å²) in [6.45, 7) is 6.55. The van der Waals surface area contributed by atoms with Gasteiger partial charge in [-0.05, 0) is 43.9 Å². The van der Waals surface area contributed by atoms with Crippen LogP contribution in [-0.4, -0.2) is 38.2 Å². The molecule has 118 valence electrons. The summed E-state index contributed by atoms with van der Waals surface area (Å²) >= 11 is 1.87. The summed E-state index contributed by atoms with van der Waals surface area (Å²) in [5.41, 5.74) is 2.30. The molecule has 0 aromatic heterocycles. The molecule has 0 fully saturated rings. The standard InChI is InChI=1S/C16H27N3OS/c1-5-17-16(18-9-6-10-21-4)19-12-14-8-7-13(2)11-15(14)20-3/h7-8,11H,5-6,9-10,12H2,1-4H3,(H2,17,18,19). The van der Waals surface area contributed by atoms with Gasteiger partial charge in [0.15, 0.2) is 5.96 Å². The minimum Gasteiger partial charge on any atom is -0.496 e. The lowest BCUT2D eigenvalue weighted by molar-refractivity contribution is 0.409. The topological polar surface area (TPSA) is 45.7 Å². The van der Waals surface area contributed by atoms with Crippen molar-refractivity contribution in [3.05, 3.63) is 29.3 Å². The maximum atomic E-state index is 5.42. The quantitative estimate of drug-likeness (QED) is 0.440. The summed E-state index contributed by atoms with van der Waals surface area (Å²) in [5, 5.41) is 6.63. The van der Waals surface area contributed by atoms with Gasteiger partial charge in [-0.25, -0.2) is 4.99 Å². The van der Waals surface area contributed by atoms with Crippen LogP contribution in [0.4, 0.5) is 0 Å². The first-order valence-electron chi connectivity index (χ1n) is 7.35. The molecule has 0 unspecified atom stereocenters. The molecule has 21 heavy (non-hydrogen) atoms. The van der Waals surface area contributed by atoms with Gasteiger partial charge in [0, 0.05) is 18.7 Å². The molecule has 1 aromatic rings. The molecule has 0 radical (unpaired) electrons. The number of aliphatic imine (C=N–C) groups is 1. The molecule has 1 aromatic carbocycles. The highest BCUT2D eigenvalue weighted by Gasteiger charge is 2.03. The van der Waals surface area contributed by atoms with Crippen LogP contribution < -0.4 is 15.4 Å². The molecule has 0 atom stereocenters. The Balaban J connectivity index is 2.64. The number of benzene rings is 1. The van der Waals surface area contributed by atoms with E-state index >= 15 is 0 Å². The maximum Gasteiger partial charge on any atom is 0.191 e. The fourth-order valence-electron chi connectivity index (χ4n) is 1.91. The van der Waals surface area contributed by atoms with Crippen molar-refractivity contribution < 1.29 is 4.74 Å². The van der Waals surface area contributed by atoms with Gasteiger partial charge in [0.1, 0.15) is 5.75 Å². The zero-order chi connectivity index (χ0) is 15.5. The lowest BCUT2D eigenvalue weighted by Gasteiger charge is -2.12. The second kappa shape index (κ2) is 10.4. The fourth-order valence-corrected chi connectivity index (χ4v) is 2.34. The van der Waals surface area contributed by atoms with Crippen molar-refractivity contribution in [2.75, 3.05) is 32.2 Å². The molecule has 0 saturated heterocycles. The molecule has 4 nitrogen and oxygen atoms in total. The Hall–Kier alpha value is -1.36. The lowest BCUT2D eigenvalue weighted by Crippen LogP contribution is -2.37. The zero-order valence-electron chi connectivity index (χ0n) is 13.5. The number of aryl methyl sites for hydroxylation is 1. The Morgan fingerprint density at radius 1 is 1.33 bits per heavy atom. The third kappa shape index (κ3) is 6.76. The molecule has 0 saturated carbocycles. The number of methoxy groups -OCH3 is 1. The number of thioether (sulfide) groups is 1. The van der Waals surface area contributed by atoms with Crippen molar-refractivity contribution >= 4 is 17.7 Å². The predicted octanol–water partition coefficient (Wildman–Crippen LogP) is 2.81. The summed E-state index contributed by atoms with van der Waals surface area (Å²) in [5.74, 6) is 2.93. The van der Waals surface area contributed by atoms with E-state index < -0.39 is 0 Å². The van der Waals surface area contributed by atoms with Gasteiger partial charge in [-0.3, -0.25) is 0 Å². The molecule has 0 aliphatic carbocycles. The van der Waals surface area contributed by atoms with Crippen molar-refractivity contribution in [2.45, 2.75) is 26.8 Å². The highest BCUT2D eigenvalue weighted by atomic mass is 32.2. The number of nitrogens with zero attached hydrogens (tertiary/aromatic N) is 1. The Morgan fingerprint density at radius 3 is 2.81 bits per heavy atom. The molecule has 5 heteroatoms. The van der Waals surface area contributed by atoms with Crippen molar-refractivity contribution in [1.29, 1.82) is 0 Å². The average molecular weight is 309 g/mol. The number of nitrogens with one attached hydrogen (secondary N) is 2. The van der Waals surface area contributed by atoms with Gasteiger partial charge in [0.05, 0.1) is 13.7 Å². The number of rotatable bonds is 8. The average Bonchev–Trinajstić information content (AvgIpc) is 2.49. The van der Waals surface area contributed by atoms with E-state index in [0.29, 0.717) is 6.54 Å². The first-order valence-corrected chi connectivity index (χ1v) is 8.75. The summed E-state index contributed by atoms with van der Waals surface area (Å²) in [7, 11) is 1.70. The SMILES string of the molecule is CCNC(=NCc1ccc(C)cc1OC)NCCCSC. The molecule has 0 aliphatic rings. The Labute approximate surface area is 132 Å². The van der Waals surface area contributed by atoms with Crippen LogP contribution >= 0.6 is 11.8 Å². The Morgan fingerprint density at radius 2 is 2.14 bits per heavy atom. The Kier molecular flexibility index (Phi) is 8.74. The van der Waals surface area contributed by atoms with E-state index in [4.69, 9.17) is 4.74 Å². The van der Waals surface area contributed by atoms with E-state index in [1.165, 1.54) is 5.56 Å². The fraction of sp³-hybridized carbons (Fsp3) is 0.562. The van der Waals surface area contributed by atoms with Gasteiger partial charge in [-0.1, -0.05) is 12.1 Å². The van der Waals surface area contributed by atoms with Crippen LogP contribution in [0.1, 0.15) is 24.5 Å². The van der Waals surface area contributed by atoms with Crippen molar-refractivity contribution in [3.63, 3.8) is 0 Å². The first kappa shape index (κ1) is 17.7. The first-order chi connectivity index (χ1) is 10.2. The van der Waals surface area contributed by atoms with Crippen molar-refractivity contribution in [3.8, 4) is 5.75 Å². The number of guanidine groups is 1. The summed E-state index contributed by atoms with van der Waals surface area (Å²) in [6, 6.07) is 6.21. The van der Waals surface area contributed by atoms with E-state index in [1.807, 2.05) is 17.8 Å². The van der Waals surface area contributed by atoms with Gasteiger partial charge in [0.25, 0.3) is 0 Å². The van der Waals surface area contributed by atoms with Crippen LogP contribution in [0.15, 0.2) is 23.2 Å². The van der Waals surface area contributed by atoms with Crippen LogP contribution in [0.3, 0.4) is 0 Å². The molecule has 0 heterocycles. The zero-order valence-corrected chi connectivity index (χ0v) is 14.3. The second-order valence-corrected chi connectivity index (χ2v) is 5.77. The third-order valence-corrected chi connectivity index (χ3v) is 3.71. The number of ether oxygens (including phenoxy) is 1. The largest absolute Gasteiger partial charge is 0.496 e. The van der Waals surface area contributed by atoms with Gasteiger partial charge in [-0.15, -0.1) is 0 Å². The minimum absolute atomic E-state index is 0.612. The minimum atomic E-state index is 0.612. The molecular formula is C16H27N3OS. The van der Waals surface area contributed by atoms with E-state index in [9.17, 15) is 0 Å². The van der Waals surface area contributed by atoms with Gasteiger partial charge < -0.3 is 15.4 Å². The molecule has 1 rings (SSSR count). The molecule has 0 aliphatic heterocycles. The smallest absolute Gasteiger partial charge is 0.191 e. The Bertz CT molecular complexity index is 449. The monoisotopic (exact) mass is 309 g/mol. The van der Waals surface area contributed by atoms with Crippen LogP contribution in [0.5, 0.6) is 5.75 Å². The normalized spacial score (nSPS) is 11.3. The van der Waals surface area contributed by atoms with Crippen LogP contribution in [-0.2, 0) is 6.54 Å². The second-order valence-electron chi connectivity index (χ2n) is 4.78. The van der Waals surface area contributed by atoms with Crippen molar-refractivity contribution in [2.24, 2.45) is 4.99 Å². The van der Waals surface area contributed by atoms with Gasteiger partial charge in [-0.2, -0.15) is 11.8 Å². The van der Waals surface area contributed by atoms with Gasteiger partial charge in [0.2, 0.25) is 0 Å². The molecule has 0 spiro atoms. The number of hydrogen-bond donors (Lipinski definition) is 2. The highest BCUT2D eigenvalue weighted by molar-refractivity contribution is 7.98. The predicted molar refractivity (Wildman–Crippen MR) is 93.5 cm³/mol. The molecule has 0 amide bonds. The molecular weight excluding hydrogens is 282 g/mol. The van der Waals surface area contributed by atoms with E-state index in [0.717, 1.165) is 42.5 Å². The van der Waals surface area contributed by atoms with Crippen LogP contribution in [0.25, 0.3) is 0 Å². The van der Waals surface area contributed by atoms with Gasteiger partial charge >= 0.3 is 0 Å². The highest BCUT2D eigenvalue weighted by Crippen LogP contribution is 2.20. The summed E-state index contributed by atoms with van der Waals surface area (Å²) in [6.07, 6.45) is 3.27. The lowest BCUT2D eigenvalue weighted by atomic mass is 10.1. The van der Waals surface area contributed by atoms with E-state index in [2.05, 4.69) is 47.9 Å². The maximum absolute atomic E-state index is 5.42. The third-order valence-electron chi connectivity index (χ3n) is 3.01.